The zero-order valence-corrected chi connectivity index (χ0v) is 15.6. The van der Waals surface area contributed by atoms with Crippen molar-refractivity contribution in [1.82, 2.24) is 0 Å². The Morgan fingerprint density at radius 1 is 1.32 bits per heavy atom. The minimum absolute atomic E-state index is 0.194. The summed E-state index contributed by atoms with van der Waals surface area (Å²) in [4.78, 5) is 3.01. The summed E-state index contributed by atoms with van der Waals surface area (Å²) in [5, 5.41) is 20.5. The fraction of sp³-hybridized carbons (Fsp3) is 0.500. The van der Waals surface area contributed by atoms with Gasteiger partial charge >= 0.3 is 5.91 Å². The summed E-state index contributed by atoms with van der Waals surface area (Å²) in [6.45, 7) is 4.18. The van der Waals surface area contributed by atoms with Crippen LogP contribution in [-0.4, -0.2) is 24.5 Å². The molecular formula is C18H18BrN4O2+. The summed E-state index contributed by atoms with van der Waals surface area (Å²) in [5.41, 5.74) is 3.93. The molecule has 1 aromatic rings. The normalized spacial score (nSPS) is 44.0. The maximum absolute atomic E-state index is 10.3. The van der Waals surface area contributed by atoms with Crippen molar-refractivity contribution in [2.45, 2.75) is 37.7 Å². The molecule has 3 N–H and O–H groups in total. The van der Waals surface area contributed by atoms with E-state index in [1.807, 2.05) is 38.1 Å². The average molecular weight is 402 g/mol. The van der Waals surface area contributed by atoms with E-state index >= 15 is 0 Å². The van der Waals surface area contributed by atoms with Crippen molar-refractivity contribution in [3.05, 3.63) is 34.3 Å². The molecule has 1 saturated heterocycles. The molecule has 2 aliphatic heterocycles. The number of halogens is 1. The van der Waals surface area contributed by atoms with Crippen LogP contribution in [0.15, 0.2) is 28.7 Å². The van der Waals surface area contributed by atoms with Gasteiger partial charge in [0.05, 0.1) is 30.3 Å². The molecule has 0 bridgehead atoms. The highest BCUT2D eigenvalue weighted by atomic mass is 79.9. The van der Waals surface area contributed by atoms with Gasteiger partial charge < -0.3 is 9.47 Å². The number of nitriles is 2. The van der Waals surface area contributed by atoms with Gasteiger partial charge in [0.1, 0.15) is 0 Å². The Balaban J connectivity index is 2.02. The quantitative estimate of drug-likeness (QED) is 0.757. The maximum Gasteiger partial charge on any atom is 0.344 e. The lowest BCUT2D eigenvalue weighted by Crippen LogP contribution is -2.90. The number of hydrogen-bond acceptors (Lipinski definition) is 5. The molecule has 0 amide bonds. The lowest BCUT2D eigenvalue weighted by atomic mass is 9.80. The summed E-state index contributed by atoms with van der Waals surface area (Å²) in [6, 6.07) is 12.4. The molecule has 25 heavy (non-hydrogen) atoms. The number of ether oxygens (including phenoxy) is 2. The molecule has 1 aliphatic carbocycles. The second-order valence-corrected chi connectivity index (χ2v) is 7.80. The summed E-state index contributed by atoms with van der Waals surface area (Å²) >= 11 is 3.43. The van der Waals surface area contributed by atoms with E-state index in [1.54, 1.807) is 0 Å². The Hall–Kier alpha value is -1.93. The highest BCUT2D eigenvalue weighted by Gasteiger charge is 3.04. The molecule has 1 spiro atoms. The van der Waals surface area contributed by atoms with Crippen LogP contribution in [0.1, 0.15) is 25.8 Å². The van der Waals surface area contributed by atoms with Crippen molar-refractivity contribution in [3.63, 3.8) is 0 Å². The molecule has 2 heterocycles. The molecule has 0 unspecified atom stereocenters. The Labute approximate surface area is 154 Å². The van der Waals surface area contributed by atoms with Gasteiger partial charge in [-0.05, 0) is 31.0 Å². The molecule has 128 valence electrons. The van der Waals surface area contributed by atoms with Gasteiger partial charge in [-0.25, -0.2) is 4.99 Å². The highest BCUT2D eigenvalue weighted by Crippen LogP contribution is 2.84. The van der Waals surface area contributed by atoms with E-state index in [9.17, 15) is 10.5 Å². The zero-order chi connectivity index (χ0) is 18.1. The standard InChI is InChI=1S/C18H17BrN4O2/c1-3-15(12-4-6-13(19)7-5-12)16(9-20)14(22)23-18(17(15,16)10-21)24-8-11(2)25-18/h4-7,11H,3,8H2,1-2H3,(H2,22,23)/p+1/t11-,15+,16-,17+,18+/m0/s1. The van der Waals surface area contributed by atoms with Crippen LogP contribution in [0, 0.1) is 33.5 Å². The van der Waals surface area contributed by atoms with Crippen LogP contribution in [-0.2, 0) is 14.9 Å². The van der Waals surface area contributed by atoms with Crippen molar-refractivity contribution in [1.29, 1.82) is 10.5 Å². The number of rotatable bonds is 2. The van der Waals surface area contributed by atoms with Gasteiger partial charge in [0.25, 0.3) is 5.84 Å². The molecule has 1 aromatic carbocycles. The molecule has 0 aromatic heterocycles. The van der Waals surface area contributed by atoms with E-state index in [2.05, 4.69) is 33.1 Å². The minimum atomic E-state index is -1.40. The number of nitrogens with one attached hydrogen (secondary N) is 1. The van der Waals surface area contributed by atoms with Crippen LogP contribution in [0.5, 0.6) is 0 Å². The van der Waals surface area contributed by atoms with Crippen molar-refractivity contribution in [2.24, 2.45) is 16.6 Å². The van der Waals surface area contributed by atoms with Gasteiger partial charge in [0.15, 0.2) is 10.8 Å². The summed E-state index contributed by atoms with van der Waals surface area (Å²) < 4.78 is 12.9. The topological polar surface area (TPSA) is 106 Å². The van der Waals surface area contributed by atoms with Crippen LogP contribution < -0.4 is 10.7 Å². The van der Waals surface area contributed by atoms with E-state index in [0.29, 0.717) is 13.0 Å². The predicted octanol–water partition coefficient (Wildman–Crippen LogP) is 0.671. The number of nitrogens with two attached hydrogens (primary N) is 1. The molecule has 7 heteroatoms. The zero-order valence-electron chi connectivity index (χ0n) is 14.0. The Morgan fingerprint density at radius 2 is 2.00 bits per heavy atom. The first kappa shape index (κ1) is 16.5. The summed E-state index contributed by atoms with van der Waals surface area (Å²) in [5.74, 6) is -1.15. The molecule has 2 fully saturated rings. The van der Waals surface area contributed by atoms with E-state index < -0.39 is 22.2 Å². The molecule has 4 rings (SSSR count). The fourth-order valence-electron chi connectivity index (χ4n) is 5.19. The average Bonchev–Trinajstić information content (AvgIpc) is 2.86. The number of fused-ring (bicyclic) bond motifs is 2. The second kappa shape index (κ2) is 4.82. The van der Waals surface area contributed by atoms with Crippen LogP contribution in [0.3, 0.4) is 0 Å². The third-order valence-corrected chi connectivity index (χ3v) is 6.60. The van der Waals surface area contributed by atoms with Crippen molar-refractivity contribution in [2.75, 3.05) is 6.61 Å². The molecule has 3 aliphatic rings. The van der Waals surface area contributed by atoms with E-state index in [-0.39, 0.29) is 11.9 Å². The minimum Gasteiger partial charge on any atom is -0.311 e. The van der Waals surface area contributed by atoms with E-state index in [0.717, 1.165) is 10.0 Å². The highest BCUT2D eigenvalue weighted by molar-refractivity contribution is 9.10. The number of hydrogen-bond donors (Lipinski definition) is 2. The lowest BCUT2D eigenvalue weighted by Gasteiger charge is -2.29. The van der Waals surface area contributed by atoms with Gasteiger partial charge in [0.2, 0.25) is 0 Å². The molecule has 6 nitrogen and oxygen atoms in total. The van der Waals surface area contributed by atoms with Crippen LogP contribution in [0.4, 0.5) is 0 Å². The van der Waals surface area contributed by atoms with E-state index in [1.165, 1.54) is 0 Å². The fourth-order valence-corrected chi connectivity index (χ4v) is 5.46. The molecule has 5 atom stereocenters. The lowest BCUT2D eigenvalue weighted by molar-refractivity contribution is -0.679. The number of amidine groups is 1. The largest absolute Gasteiger partial charge is 0.344 e. The van der Waals surface area contributed by atoms with Crippen LogP contribution in [0.25, 0.3) is 0 Å². The first-order chi connectivity index (χ1) is 11.9. The van der Waals surface area contributed by atoms with Gasteiger partial charge in [-0.15, -0.1) is 0 Å². The first-order valence-corrected chi connectivity index (χ1v) is 9.02. The Bertz CT molecular complexity index is 873. The summed E-state index contributed by atoms with van der Waals surface area (Å²) in [7, 11) is 0. The Morgan fingerprint density at radius 3 is 2.48 bits per heavy atom. The maximum atomic E-state index is 10.3. The third-order valence-electron chi connectivity index (χ3n) is 6.07. The first-order valence-electron chi connectivity index (χ1n) is 8.23. The van der Waals surface area contributed by atoms with Crippen molar-refractivity contribution < 1.29 is 14.5 Å². The van der Waals surface area contributed by atoms with Gasteiger partial charge in [-0.1, -0.05) is 35.0 Å². The number of benzene rings is 1. The van der Waals surface area contributed by atoms with Gasteiger partial charge in [-0.2, -0.15) is 10.5 Å². The molecule has 1 saturated carbocycles. The van der Waals surface area contributed by atoms with Crippen molar-refractivity contribution in [3.8, 4) is 12.1 Å². The third kappa shape index (κ3) is 1.42. The van der Waals surface area contributed by atoms with Crippen molar-refractivity contribution >= 4 is 21.8 Å². The van der Waals surface area contributed by atoms with Crippen LogP contribution >= 0.6 is 15.9 Å². The SMILES string of the molecule is CC[C@@]1(c2ccc(Br)cc2)[C@]2(C#N)C(N)=[NH+][C@@]3(OC[C@H](C)O3)[C@@]21C#N. The smallest absolute Gasteiger partial charge is 0.311 e. The number of nitrogens with zero attached hydrogens (tertiary/aromatic N) is 2. The van der Waals surface area contributed by atoms with E-state index in [4.69, 9.17) is 15.2 Å². The molecule has 0 radical (unpaired) electrons. The monoisotopic (exact) mass is 401 g/mol. The summed E-state index contributed by atoms with van der Waals surface area (Å²) in [6.07, 6.45) is 0.362. The van der Waals surface area contributed by atoms with Gasteiger partial charge in [0, 0.05) is 4.47 Å². The van der Waals surface area contributed by atoms with Crippen LogP contribution in [0.2, 0.25) is 0 Å². The predicted molar refractivity (Wildman–Crippen MR) is 91.6 cm³/mol. The molecular weight excluding hydrogens is 384 g/mol. The van der Waals surface area contributed by atoms with Gasteiger partial charge in [-0.3, -0.25) is 5.73 Å². The Kier molecular flexibility index (Phi) is 3.19. The second-order valence-electron chi connectivity index (χ2n) is 6.88.